The fourth-order valence-electron chi connectivity index (χ4n) is 9.48. The van der Waals surface area contributed by atoms with Gasteiger partial charge in [-0.15, -0.1) is 0 Å². The summed E-state index contributed by atoms with van der Waals surface area (Å²) in [4.78, 5) is 0. The molecule has 20 nitrogen and oxygen atoms in total. The lowest BCUT2D eigenvalue weighted by molar-refractivity contribution is 0.307. The predicted molar refractivity (Wildman–Crippen MR) is 253 cm³/mol. The zero-order valence-corrected chi connectivity index (χ0v) is 41.9. The van der Waals surface area contributed by atoms with Crippen LogP contribution in [0.5, 0.6) is 115 Å². The first kappa shape index (κ1) is 51.5. The third-order valence-corrected chi connectivity index (χ3v) is 12.5. The molecule has 1 aliphatic carbocycles. The van der Waals surface area contributed by atoms with Crippen molar-refractivity contribution < 1.29 is 96.6 Å². The van der Waals surface area contributed by atoms with Gasteiger partial charge < -0.3 is 96.6 Å². The monoisotopic (exact) mass is 980 g/mol. The molecule has 5 aromatic rings. The third-order valence-electron chi connectivity index (χ3n) is 12.5. The highest BCUT2D eigenvalue weighted by molar-refractivity contribution is 5.77. The number of rotatable bonds is 15. The van der Waals surface area contributed by atoms with Crippen LogP contribution in [0.2, 0.25) is 0 Å². The van der Waals surface area contributed by atoms with Gasteiger partial charge in [-0.1, -0.05) is 0 Å². The number of hydrogen-bond acceptors (Lipinski definition) is 20. The Morgan fingerprint density at radius 2 is 0.257 bits per heavy atom. The van der Waals surface area contributed by atoms with E-state index in [0.717, 1.165) is 0 Å². The minimum Gasteiger partial charge on any atom is -0.507 e. The summed E-state index contributed by atoms with van der Waals surface area (Å²) in [6.45, 7) is 0. The fraction of sp³-hybridized carbons (Fsp3) is 0.400. The van der Waals surface area contributed by atoms with Crippen molar-refractivity contribution in [3.05, 3.63) is 55.6 Å². The van der Waals surface area contributed by atoms with Crippen LogP contribution in [0, 0.1) is 0 Å². The van der Waals surface area contributed by atoms with Gasteiger partial charge >= 0.3 is 0 Å². The molecule has 0 aliphatic heterocycles. The molecule has 5 N–H and O–H groups in total. The summed E-state index contributed by atoms with van der Waals surface area (Å²) >= 11 is 0. The number of benzene rings is 5. The maximum absolute atomic E-state index is 12.7. The van der Waals surface area contributed by atoms with Crippen LogP contribution < -0.4 is 71.1 Å². The van der Waals surface area contributed by atoms with E-state index in [4.69, 9.17) is 71.1 Å². The van der Waals surface area contributed by atoms with Gasteiger partial charge in [0.2, 0.25) is 28.7 Å². The Morgan fingerprint density at radius 3 is 0.329 bits per heavy atom. The summed E-state index contributed by atoms with van der Waals surface area (Å²) in [7, 11) is 20.5. The Kier molecular flexibility index (Phi) is 15.6. The number of ether oxygens (including phenoxy) is 15. The second kappa shape index (κ2) is 21.2. The smallest absolute Gasteiger partial charge is 0.204 e. The first-order chi connectivity index (χ1) is 33.7. The van der Waals surface area contributed by atoms with E-state index in [1.807, 2.05) is 0 Å². The second-order valence-corrected chi connectivity index (χ2v) is 15.4. The van der Waals surface area contributed by atoms with Crippen molar-refractivity contribution in [3.63, 3.8) is 0 Å². The molecule has 0 atom stereocenters. The van der Waals surface area contributed by atoms with Crippen molar-refractivity contribution in [2.75, 3.05) is 107 Å². The highest BCUT2D eigenvalue weighted by Crippen LogP contribution is 2.60. The lowest BCUT2D eigenvalue weighted by atomic mass is 9.88. The molecule has 0 amide bonds. The van der Waals surface area contributed by atoms with Crippen LogP contribution >= 0.6 is 0 Å². The van der Waals surface area contributed by atoms with E-state index >= 15 is 0 Å². The summed E-state index contributed by atoms with van der Waals surface area (Å²) in [6, 6.07) is 0. The minimum absolute atomic E-state index is 0.0143. The molecule has 0 unspecified atom stereocenters. The first-order valence-corrected chi connectivity index (χ1v) is 21.3. The van der Waals surface area contributed by atoms with Crippen LogP contribution in [0.3, 0.4) is 0 Å². The average Bonchev–Trinajstić information content (AvgIpc) is 3.37. The molecule has 0 spiro atoms. The first-order valence-electron chi connectivity index (χ1n) is 21.3. The fourth-order valence-corrected chi connectivity index (χ4v) is 9.48. The summed E-state index contributed by atoms with van der Waals surface area (Å²) < 4.78 is 88.9. The van der Waals surface area contributed by atoms with Crippen molar-refractivity contribution >= 4 is 0 Å². The molecule has 0 aromatic heterocycles. The summed E-state index contributed by atoms with van der Waals surface area (Å²) in [6.07, 6.45) is -1.66. The van der Waals surface area contributed by atoms with Crippen molar-refractivity contribution in [2.45, 2.75) is 32.1 Å². The minimum atomic E-state index is -0.410. The van der Waals surface area contributed by atoms with Gasteiger partial charge in [0, 0.05) is 87.7 Å². The van der Waals surface area contributed by atoms with Crippen LogP contribution in [0.4, 0.5) is 0 Å². The Bertz CT molecular complexity index is 2200. The Morgan fingerprint density at radius 1 is 0.171 bits per heavy atom. The topological polar surface area (TPSA) is 240 Å². The molecule has 20 heteroatoms. The highest BCUT2D eigenvalue weighted by Gasteiger charge is 2.38. The molecule has 0 heterocycles. The van der Waals surface area contributed by atoms with Crippen molar-refractivity contribution in [3.8, 4) is 115 Å². The molecule has 5 aromatic carbocycles. The van der Waals surface area contributed by atoms with Gasteiger partial charge in [-0.2, -0.15) is 0 Å². The number of fused-ring (bicyclic) bond motifs is 10. The maximum Gasteiger partial charge on any atom is 0.204 e. The lowest BCUT2D eigenvalue weighted by Gasteiger charge is -2.27. The SMILES string of the molecule is COc1c2c(O)c(c(OC)c1OC)Cc1c(O)c(c(OC)c(OC)c1OC)Cc1c(O)c(c(OC)c(OC)c1OC)Cc1c(O)c(c(OC)c(OC)c1OC)Cc1c(O)c(c(OC)c(OC)c1OC)C2. The zero-order valence-electron chi connectivity index (χ0n) is 41.9. The van der Waals surface area contributed by atoms with Crippen molar-refractivity contribution in [1.29, 1.82) is 0 Å². The van der Waals surface area contributed by atoms with Crippen molar-refractivity contribution in [2.24, 2.45) is 0 Å². The van der Waals surface area contributed by atoms with E-state index in [9.17, 15) is 25.5 Å². The van der Waals surface area contributed by atoms with Gasteiger partial charge in [0.05, 0.1) is 107 Å². The standard InChI is InChI=1S/C50H60O20/c1-56-36-21-16-22-32(52)25(40(60-5)47(67-12)38(22)58-3)18-26-34(54)29(44(64-9)49(69-14)41(26)61-6)20-30-35(55)28(43(63-8)50(70-15)45(30)65-10)19-27-33(53)24(39(59-4)48(68-13)42(27)62-7)17-23(31(21)51)37(57-2)46(36)66-11/h51-55H,16-20H2,1-15H3. The summed E-state index contributed by atoms with van der Waals surface area (Å²) in [5, 5.41) is 63.3. The Balaban J connectivity index is 1.94. The van der Waals surface area contributed by atoms with Gasteiger partial charge in [0.15, 0.2) is 57.5 Å². The molecular weight excluding hydrogens is 921 g/mol. The maximum atomic E-state index is 12.7. The predicted octanol–water partition coefficient (Wildman–Crippen LogP) is 6.61. The van der Waals surface area contributed by atoms with E-state index in [2.05, 4.69) is 0 Å². The lowest BCUT2D eigenvalue weighted by Crippen LogP contribution is -2.11. The molecule has 70 heavy (non-hydrogen) atoms. The molecule has 0 fully saturated rings. The molecule has 0 saturated carbocycles. The third kappa shape index (κ3) is 7.99. The molecule has 6 rings (SSSR count). The molecule has 380 valence electrons. The molecule has 0 radical (unpaired) electrons. The number of phenols is 5. The summed E-state index contributed by atoms with van der Waals surface area (Å²) in [5.41, 5.74) is 0.665. The quantitative estimate of drug-likeness (QED) is 0.0727. The van der Waals surface area contributed by atoms with Crippen LogP contribution in [0.25, 0.3) is 0 Å². The zero-order chi connectivity index (χ0) is 51.5. The van der Waals surface area contributed by atoms with E-state index in [1.165, 1.54) is 107 Å². The van der Waals surface area contributed by atoms with Gasteiger partial charge in [-0.3, -0.25) is 0 Å². The normalized spacial score (nSPS) is 11.9. The average molecular weight is 981 g/mol. The Labute approximate surface area is 405 Å². The van der Waals surface area contributed by atoms with E-state index in [1.54, 1.807) is 0 Å². The van der Waals surface area contributed by atoms with E-state index in [0.29, 0.717) is 0 Å². The van der Waals surface area contributed by atoms with Crippen LogP contribution in [0.1, 0.15) is 55.6 Å². The van der Waals surface area contributed by atoms with Gasteiger partial charge in [-0.25, -0.2) is 0 Å². The number of hydrogen-bond donors (Lipinski definition) is 5. The van der Waals surface area contributed by atoms with Gasteiger partial charge in [0.25, 0.3) is 0 Å². The molecule has 10 bridgehead atoms. The Hall–Kier alpha value is -7.90. The number of methoxy groups -OCH3 is 15. The summed E-state index contributed by atoms with van der Waals surface area (Å²) in [5.74, 6) is -1.73. The molecule has 0 saturated heterocycles. The van der Waals surface area contributed by atoms with Gasteiger partial charge in [-0.05, 0) is 0 Å². The molecule has 1 aliphatic rings. The van der Waals surface area contributed by atoms with Crippen LogP contribution in [-0.2, 0) is 32.1 Å². The van der Waals surface area contributed by atoms with Crippen molar-refractivity contribution in [1.82, 2.24) is 0 Å². The number of phenolic OH excluding ortho intramolecular Hbond substituents is 5. The largest absolute Gasteiger partial charge is 0.507 e. The second-order valence-electron chi connectivity index (χ2n) is 15.4. The number of aromatic hydroxyl groups is 5. The van der Waals surface area contributed by atoms with Gasteiger partial charge in [0.1, 0.15) is 28.7 Å². The van der Waals surface area contributed by atoms with E-state index < -0.39 is 28.7 Å². The van der Waals surface area contributed by atoms with Crippen LogP contribution in [-0.4, -0.2) is 132 Å². The molecular formula is C50H60O20. The van der Waals surface area contributed by atoms with Crippen LogP contribution in [0.15, 0.2) is 0 Å². The van der Waals surface area contributed by atoms with E-state index in [-0.39, 0.29) is 174 Å². The highest BCUT2D eigenvalue weighted by atomic mass is 16.6.